The van der Waals surface area contributed by atoms with E-state index >= 15 is 0 Å². The summed E-state index contributed by atoms with van der Waals surface area (Å²) in [5, 5.41) is 3.14. The van der Waals surface area contributed by atoms with E-state index in [1.807, 2.05) is 31.2 Å². The van der Waals surface area contributed by atoms with Crippen LogP contribution < -0.4 is 10.1 Å². The lowest BCUT2D eigenvalue weighted by atomic mass is 10.1. The predicted octanol–water partition coefficient (Wildman–Crippen LogP) is 4.93. The minimum atomic E-state index is -0.851. The molecule has 0 bridgehead atoms. The molecule has 1 atom stereocenters. The second kappa shape index (κ2) is 7.07. The molecule has 1 N–H and O–H groups in total. The minimum Gasteiger partial charge on any atom is -0.494 e. The molecule has 0 radical (unpaired) electrons. The molecular weight excluding hydrogens is 272 g/mol. The van der Waals surface area contributed by atoms with Crippen LogP contribution in [0.5, 0.6) is 5.75 Å². The Labute approximate surface area is 123 Å². The van der Waals surface area contributed by atoms with Gasteiger partial charge in [-0.15, -0.1) is 0 Å². The van der Waals surface area contributed by atoms with E-state index in [1.165, 1.54) is 6.07 Å². The normalized spacial score (nSPS) is 12.0. The van der Waals surface area contributed by atoms with Crippen LogP contribution in [0.2, 0.25) is 0 Å². The Balaban J connectivity index is 2.02. The van der Waals surface area contributed by atoms with Crippen molar-refractivity contribution in [1.82, 2.24) is 0 Å². The third kappa shape index (κ3) is 4.18. The van der Waals surface area contributed by atoms with Gasteiger partial charge >= 0.3 is 0 Å². The number of nitrogens with one attached hydrogen (secondary N) is 1. The van der Waals surface area contributed by atoms with Crippen LogP contribution in [0.15, 0.2) is 42.5 Å². The van der Waals surface area contributed by atoms with E-state index in [1.54, 1.807) is 0 Å². The Hall–Kier alpha value is -2.10. The number of benzene rings is 2. The van der Waals surface area contributed by atoms with Crippen molar-refractivity contribution in [1.29, 1.82) is 0 Å². The van der Waals surface area contributed by atoms with Crippen molar-refractivity contribution in [3.05, 3.63) is 59.7 Å². The Bertz CT molecular complexity index is 584. The maximum atomic E-state index is 13.2. The average Bonchev–Trinajstić information content (AvgIpc) is 2.49. The molecule has 2 rings (SSSR count). The van der Waals surface area contributed by atoms with Gasteiger partial charge in [0.25, 0.3) is 0 Å². The number of hydrogen-bond donors (Lipinski definition) is 1. The molecule has 0 spiro atoms. The largest absolute Gasteiger partial charge is 0.494 e. The molecule has 0 aromatic heterocycles. The van der Waals surface area contributed by atoms with Gasteiger partial charge in [0.2, 0.25) is 0 Å². The van der Waals surface area contributed by atoms with Gasteiger partial charge in [-0.25, -0.2) is 8.78 Å². The first-order valence-corrected chi connectivity index (χ1v) is 7.04. The maximum Gasteiger partial charge on any atom is 0.160 e. The highest BCUT2D eigenvalue weighted by molar-refractivity contribution is 5.46. The van der Waals surface area contributed by atoms with E-state index in [9.17, 15) is 8.78 Å². The summed E-state index contributed by atoms with van der Waals surface area (Å²) in [4.78, 5) is 0. The maximum absolute atomic E-state index is 13.2. The SMILES string of the molecule is CCCOc1ccc(C(C)Nc2ccc(F)c(F)c2)cc1. The molecule has 0 heterocycles. The lowest BCUT2D eigenvalue weighted by Crippen LogP contribution is -2.07. The summed E-state index contributed by atoms with van der Waals surface area (Å²) >= 11 is 0. The number of halogens is 2. The van der Waals surface area contributed by atoms with Crippen molar-refractivity contribution in [2.75, 3.05) is 11.9 Å². The van der Waals surface area contributed by atoms with Gasteiger partial charge in [-0.05, 0) is 43.2 Å². The number of rotatable bonds is 6. The Kier molecular flexibility index (Phi) is 5.14. The summed E-state index contributed by atoms with van der Waals surface area (Å²) in [5.74, 6) is -0.859. The van der Waals surface area contributed by atoms with Crippen LogP contribution >= 0.6 is 0 Å². The van der Waals surface area contributed by atoms with Crippen LogP contribution in [-0.2, 0) is 0 Å². The van der Waals surface area contributed by atoms with Crippen molar-refractivity contribution in [3.63, 3.8) is 0 Å². The van der Waals surface area contributed by atoms with Gasteiger partial charge in [0.05, 0.1) is 6.61 Å². The first kappa shape index (κ1) is 15.3. The Morgan fingerprint density at radius 1 is 1.05 bits per heavy atom. The number of anilines is 1. The van der Waals surface area contributed by atoms with Gasteiger partial charge in [0.15, 0.2) is 11.6 Å². The molecule has 0 saturated carbocycles. The zero-order valence-electron chi connectivity index (χ0n) is 12.2. The van der Waals surface area contributed by atoms with Gasteiger partial charge in [0.1, 0.15) is 5.75 Å². The van der Waals surface area contributed by atoms with Gasteiger partial charge < -0.3 is 10.1 Å². The molecule has 0 aliphatic rings. The summed E-state index contributed by atoms with van der Waals surface area (Å²) in [6, 6.07) is 11.5. The monoisotopic (exact) mass is 291 g/mol. The lowest BCUT2D eigenvalue weighted by molar-refractivity contribution is 0.317. The van der Waals surface area contributed by atoms with Crippen molar-refractivity contribution >= 4 is 5.69 Å². The summed E-state index contributed by atoms with van der Waals surface area (Å²) in [6.07, 6.45) is 0.968. The van der Waals surface area contributed by atoms with E-state index in [0.717, 1.165) is 29.9 Å². The second-order valence-electron chi connectivity index (χ2n) is 4.91. The highest BCUT2D eigenvalue weighted by atomic mass is 19.2. The van der Waals surface area contributed by atoms with E-state index in [-0.39, 0.29) is 6.04 Å². The fraction of sp³-hybridized carbons (Fsp3) is 0.294. The van der Waals surface area contributed by atoms with Gasteiger partial charge in [-0.2, -0.15) is 0 Å². The fourth-order valence-corrected chi connectivity index (χ4v) is 1.99. The lowest BCUT2D eigenvalue weighted by Gasteiger charge is -2.16. The van der Waals surface area contributed by atoms with Crippen molar-refractivity contribution in [2.45, 2.75) is 26.3 Å². The van der Waals surface area contributed by atoms with Gasteiger partial charge in [0, 0.05) is 17.8 Å². The average molecular weight is 291 g/mol. The molecule has 1 unspecified atom stereocenters. The van der Waals surface area contributed by atoms with E-state index in [0.29, 0.717) is 12.3 Å². The van der Waals surface area contributed by atoms with Gasteiger partial charge in [-0.3, -0.25) is 0 Å². The van der Waals surface area contributed by atoms with Crippen LogP contribution in [0.1, 0.15) is 31.9 Å². The summed E-state index contributed by atoms with van der Waals surface area (Å²) < 4.78 is 31.6. The second-order valence-corrected chi connectivity index (χ2v) is 4.91. The zero-order valence-corrected chi connectivity index (χ0v) is 12.2. The molecule has 0 fully saturated rings. The van der Waals surface area contributed by atoms with Crippen LogP contribution in [0.25, 0.3) is 0 Å². The molecule has 112 valence electrons. The molecule has 21 heavy (non-hydrogen) atoms. The van der Waals surface area contributed by atoms with Gasteiger partial charge in [-0.1, -0.05) is 19.1 Å². The summed E-state index contributed by atoms with van der Waals surface area (Å²) in [6.45, 7) is 4.72. The van der Waals surface area contributed by atoms with Crippen LogP contribution in [0, 0.1) is 11.6 Å². The Morgan fingerprint density at radius 3 is 2.38 bits per heavy atom. The predicted molar refractivity (Wildman–Crippen MR) is 80.6 cm³/mol. The first-order chi connectivity index (χ1) is 10.1. The smallest absolute Gasteiger partial charge is 0.160 e. The highest BCUT2D eigenvalue weighted by Gasteiger charge is 2.08. The van der Waals surface area contributed by atoms with Crippen LogP contribution in [0.3, 0.4) is 0 Å². The van der Waals surface area contributed by atoms with Crippen molar-refractivity contribution in [3.8, 4) is 5.75 Å². The third-order valence-corrected chi connectivity index (χ3v) is 3.16. The molecular formula is C17H19F2NO. The molecule has 2 nitrogen and oxygen atoms in total. The Morgan fingerprint density at radius 2 is 1.76 bits per heavy atom. The molecule has 0 amide bonds. The third-order valence-electron chi connectivity index (χ3n) is 3.16. The number of hydrogen-bond acceptors (Lipinski definition) is 2. The minimum absolute atomic E-state index is 0.0184. The molecule has 0 aliphatic carbocycles. The van der Waals surface area contributed by atoms with E-state index in [2.05, 4.69) is 12.2 Å². The molecule has 2 aromatic carbocycles. The molecule has 4 heteroatoms. The standard InChI is InChI=1S/C17H19F2NO/c1-3-10-21-15-7-4-13(5-8-15)12(2)20-14-6-9-16(18)17(19)11-14/h4-9,11-12,20H,3,10H2,1-2H3. The molecule has 0 saturated heterocycles. The summed E-state index contributed by atoms with van der Waals surface area (Å²) in [7, 11) is 0. The van der Waals surface area contributed by atoms with Crippen molar-refractivity contribution in [2.24, 2.45) is 0 Å². The molecule has 0 aliphatic heterocycles. The van der Waals surface area contributed by atoms with Crippen LogP contribution in [0.4, 0.5) is 14.5 Å². The quantitative estimate of drug-likeness (QED) is 0.815. The fourth-order valence-electron chi connectivity index (χ4n) is 1.99. The topological polar surface area (TPSA) is 21.3 Å². The molecule has 2 aromatic rings. The zero-order chi connectivity index (χ0) is 15.2. The number of ether oxygens (including phenoxy) is 1. The van der Waals surface area contributed by atoms with E-state index < -0.39 is 11.6 Å². The first-order valence-electron chi connectivity index (χ1n) is 7.04. The van der Waals surface area contributed by atoms with Crippen LogP contribution in [-0.4, -0.2) is 6.61 Å². The van der Waals surface area contributed by atoms with E-state index in [4.69, 9.17) is 4.74 Å². The summed E-state index contributed by atoms with van der Waals surface area (Å²) in [5.41, 5.74) is 1.59. The van der Waals surface area contributed by atoms with Crippen molar-refractivity contribution < 1.29 is 13.5 Å². The highest BCUT2D eigenvalue weighted by Crippen LogP contribution is 2.22.